The first-order valence-electron chi connectivity index (χ1n) is 7.20. The van der Waals surface area contributed by atoms with E-state index in [4.69, 9.17) is 14.2 Å². The number of benzene rings is 2. The first-order valence-corrected chi connectivity index (χ1v) is 7.20. The fraction of sp³-hybridized carbons (Fsp3) is 0.278. The zero-order valence-electron chi connectivity index (χ0n) is 13.5. The van der Waals surface area contributed by atoms with E-state index in [2.05, 4.69) is 0 Å². The number of methoxy groups -OCH3 is 3. The normalized spacial score (nSPS) is 10.2. The maximum absolute atomic E-state index is 11.5. The Morgan fingerprint density at radius 2 is 1.65 bits per heavy atom. The largest absolute Gasteiger partial charge is 0.497 e. The minimum absolute atomic E-state index is 0.227. The lowest BCUT2D eigenvalue weighted by Gasteiger charge is -2.13. The molecule has 0 atom stereocenters. The van der Waals surface area contributed by atoms with Crippen LogP contribution in [0.15, 0.2) is 36.4 Å². The molecule has 0 aliphatic rings. The number of hydrogen-bond donors (Lipinski definition) is 1. The first kappa shape index (κ1) is 16.7. The van der Waals surface area contributed by atoms with E-state index >= 15 is 0 Å². The molecule has 0 saturated heterocycles. The summed E-state index contributed by atoms with van der Waals surface area (Å²) in [5.74, 6) is 0.744. The Hall–Kier alpha value is -2.69. The summed E-state index contributed by atoms with van der Waals surface area (Å²) in [6.45, 7) is 0. The zero-order chi connectivity index (χ0) is 16.8. The van der Waals surface area contributed by atoms with Crippen molar-refractivity contribution < 1.29 is 24.1 Å². The SMILES string of the molecule is COc1cccc(CCc2cc(OC)c(OC)cc2C(=O)O)c1. The van der Waals surface area contributed by atoms with Gasteiger partial charge >= 0.3 is 5.97 Å². The van der Waals surface area contributed by atoms with Gasteiger partial charge in [0.15, 0.2) is 11.5 Å². The van der Waals surface area contributed by atoms with Crippen molar-refractivity contribution in [3.63, 3.8) is 0 Å². The minimum atomic E-state index is -0.980. The second-order valence-corrected chi connectivity index (χ2v) is 5.02. The fourth-order valence-corrected chi connectivity index (χ4v) is 2.43. The number of carbonyl (C=O) groups is 1. The number of aryl methyl sites for hydroxylation is 2. The van der Waals surface area contributed by atoms with Gasteiger partial charge in [-0.3, -0.25) is 0 Å². The molecule has 122 valence electrons. The predicted octanol–water partition coefficient (Wildman–Crippen LogP) is 3.20. The predicted molar refractivity (Wildman–Crippen MR) is 86.9 cm³/mol. The van der Waals surface area contributed by atoms with Crippen LogP contribution < -0.4 is 14.2 Å². The van der Waals surface area contributed by atoms with E-state index in [0.717, 1.165) is 11.3 Å². The van der Waals surface area contributed by atoms with Gasteiger partial charge in [-0.1, -0.05) is 12.1 Å². The van der Waals surface area contributed by atoms with Crippen molar-refractivity contribution in [2.45, 2.75) is 12.8 Å². The lowest BCUT2D eigenvalue weighted by Crippen LogP contribution is -2.06. The number of carboxylic acid groups (broad SMARTS) is 1. The van der Waals surface area contributed by atoms with Crippen molar-refractivity contribution in [2.75, 3.05) is 21.3 Å². The lowest BCUT2D eigenvalue weighted by atomic mass is 9.99. The zero-order valence-corrected chi connectivity index (χ0v) is 13.5. The molecule has 2 aromatic rings. The molecular formula is C18H20O5. The first-order chi connectivity index (χ1) is 11.1. The Morgan fingerprint density at radius 3 is 2.26 bits per heavy atom. The fourth-order valence-electron chi connectivity index (χ4n) is 2.43. The van der Waals surface area contributed by atoms with E-state index in [1.165, 1.54) is 20.3 Å². The standard InChI is InChI=1S/C18H20O5/c1-21-14-6-4-5-12(9-14)7-8-13-10-16(22-2)17(23-3)11-15(13)18(19)20/h4-6,9-11H,7-8H2,1-3H3,(H,19,20). The molecular weight excluding hydrogens is 296 g/mol. The molecule has 0 aliphatic heterocycles. The van der Waals surface area contributed by atoms with Gasteiger partial charge in [0.05, 0.1) is 26.9 Å². The lowest BCUT2D eigenvalue weighted by molar-refractivity contribution is 0.0695. The van der Waals surface area contributed by atoms with Gasteiger partial charge in [-0.25, -0.2) is 4.79 Å². The Labute approximate surface area is 135 Å². The van der Waals surface area contributed by atoms with Gasteiger partial charge in [-0.15, -0.1) is 0 Å². The van der Waals surface area contributed by atoms with Crippen molar-refractivity contribution in [3.05, 3.63) is 53.1 Å². The molecule has 0 aliphatic carbocycles. The van der Waals surface area contributed by atoms with E-state index < -0.39 is 5.97 Å². The molecule has 0 radical (unpaired) electrons. The van der Waals surface area contributed by atoms with Crippen molar-refractivity contribution in [3.8, 4) is 17.2 Å². The van der Waals surface area contributed by atoms with Gasteiger partial charge in [-0.2, -0.15) is 0 Å². The number of ether oxygens (including phenoxy) is 3. The number of carboxylic acids is 1. The molecule has 0 fully saturated rings. The maximum Gasteiger partial charge on any atom is 0.336 e. The molecule has 0 aromatic heterocycles. The molecule has 5 heteroatoms. The van der Waals surface area contributed by atoms with Gasteiger partial charge in [0.1, 0.15) is 5.75 Å². The van der Waals surface area contributed by atoms with Crippen molar-refractivity contribution in [2.24, 2.45) is 0 Å². The third-order valence-corrected chi connectivity index (χ3v) is 3.66. The van der Waals surface area contributed by atoms with E-state index in [0.29, 0.717) is 29.9 Å². The van der Waals surface area contributed by atoms with Crippen molar-refractivity contribution in [1.82, 2.24) is 0 Å². The van der Waals surface area contributed by atoms with Crippen LogP contribution in [0.4, 0.5) is 0 Å². The number of rotatable bonds is 7. The van der Waals surface area contributed by atoms with Crippen LogP contribution in [0, 0.1) is 0 Å². The molecule has 0 heterocycles. The minimum Gasteiger partial charge on any atom is -0.497 e. The van der Waals surface area contributed by atoms with Crippen LogP contribution in [0.25, 0.3) is 0 Å². The average Bonchev–Trinajstić information content (AvgIpc) is 2.59. The van der Waals surface area contributed by atoms with Gasteiger partial charge in [0.2, 0.25) is 0 Å². The Morgan fingerprint density at radius 1 is 0.957 bits per heavy atom. The van der Waals surface area contributed by atoms with Crippen molar-refractivity contribution in [1.29, 1.82) is 0 Å². The highest BCUT2D eigenvalue weighted by molar-refractivity contribution is 5.90. The molecule has 0 bridgehead atoms. The molecule has 0 spiro atoms. The molecule has 0 saturated carbocycles. The molecule has 2 aromatic carbocycles. The van der Waals surface area contributed by atoms with E-state index in [1.807, 2.05) is 24.3 Å². The summed E-state index contributed by atoms with van der Waals surface area (Å²) in [5.41, 5.74) is 2.01. The van der Waals surface area contributed by atoms with Gasteiger partial charge in [-0.05, 0) is 48.2 Å². The van der Waals surface area contributed by atoms with Crippen LogP contribution in [-0.2, 0) is 12.8 Å². The topological polar surface area (TPSA) is 65.0 Å². The summed E-state index contributed by atoms with van der Waals surface area (Å²) in [6, 6.07) is 11.0. The van der Waals surface area contributed by atoms with Crippen LogP contribution in [0.1, 0.15) is 21.5 Å². The molecule has 5 nitrogen and oxygen atoms in total. The number of hydrogen-bond acceptors (Lipinski definition) is 4. The van der Waals surface area contributed by atoms with E-state index in [-0.39, 0.29) is 5.56 Å². The van der Waals surface area contributed by atoms with Gasteiger partial charge in [0, 0.05) is 0 Å². The van der Waals surface area contributed by atoms with Gasteiger partial charge in [0.25, 0.3) is 0 Å². The highest BCUT2D eigenvalue weighted by Gasteiger charge is 2.16. The third kappa shape index (κ3) is 3.94. The highest BCUT2D eigenvalue weighted by atomic mass is 16.5. The molecule has 0 unspecified atom stereocenters. The van der Waals surface area contributed by atoms with Crippen LogP contribution in [0.5, 0.6) is 17.2 Å². The average molecular weight is 316 g/mol. The van der Waals surface area contributed by atoms with Crippen LogP contribution in [-0.4, -0.2) is 32.4 Å². The van der Waals surface area contributed by atoms with E-state index in [9.17, 15) is 9.90 Å². The summed E-state index contributed by atoms with van der Waals surface area (Å²) in [7, 11) is 4.64. The quantitative estimate of drug-likeness (QED) is 0.850. The molecule has 2 rings (SSSR count). The van der Waals surface area contributed by atoms with Crippen LogP contribution in [0.2, 0.25) is 0 Å². The third-order valence-electron chi connectivity index (χ3n) is 3.66. The smallest absolute Gasteiger partial charge is 0.336 e. The van der Waals surface area contributed by atoms with E-state index in [1.54, 1.807) is 13.2 Å². The summed E-state index contributed by atoms with van der Waals surface area (Å²) < 4.78 is 15.6. The molecule has 23 heavy (non-hydrogen) atoms. The second-order valence-electron chi connectivity index (χ2n) is 5.02. The summed E-state index contributed by atoms with van der Waals surface area (Å²) in [5, 5.41) is 9.41. The molecule has 0 amide bonds. The van der Waals surface area contributed by atoms with Gasteiger partial charge < -0.3 is 19.3 Å². The Bertz CT molecular complexity index is 694. The molecule has 1 N–H and O–H groups in total. The highest BCUT2D eigenvalue weighted by Crippen LogP contribution is 2.31. The summed E-state index contributed by atoms with van der Waals surface area (Å²) >= 11 is 0. The Balaban J connectivity index is 2.28. The number of aromatic carboxylic acids is 1. The summed E-state index contributed by atoms with van der Waals surface area (Å²) in [4.78, 5) is 11.5. The monoisotopic (exact) mass is 316 g/mol. The van der Waals surface area contributed by atoms with Crippen molar-refractivity contribution >= 4 is 5.97 Å². The maximum atomic E-state index is 11.5. The van der Waals surface area contributed by atoms with Crippen LogP contribution >= 0.6 is 0 Å². The Kier molecular flexibility index (Phi) is 5.46. The second kappa shape index (κ2) is 7.54. The van der Waals surface area contributed by atoms with Crippen LogP contribution in [0.3, 0.4) is 0 Å². The summed E-state index contributed by atoms with van der Waals surface area (Å²) in [6.07, 6.45) is 1.28.